The van der Waals surface area contributed by atoms with Crippen LogP contribution < -0.4 is 4.74 Å². The molecule has 3 aromatic rings. The van der Waals surface area contributed by atoms with Gasteiger partial charge in [0.05, 0.1) is 6.61 Å². The quantitative estimate of drug-likeness (QED) is 0.446. The Morgan fingerprint density at radius 3 is 2.29 bits per heavy atom. The molecule has 5 nitrogen and oxygen atoms in total. The number of ether oxygens (including phenoxy) is 1. The first kappa shape index (κ1) is 24.5. The number of benzene rings is 3. The molecule has 5 heteroatoms. The molecule has 0 bridgehead atoms. The van der Waals surface area contributed by atoms with Gasteiger partial charge in [0.25, 0.3) is 5.91 Å². The first-order valence-corrected chi connectivity index (χ1v) is 12.3. The molecule has 1 saturated heterocycles. The number of aryl methyl sites for hydroxylation is 1. The molecule has 1 aliphatic rings. The number of carbonyl (C=O) groups excluding carboxylic acids is 2. The summed E-state index contributed by atoms with van der Waals surface area (Å²) in [5.41, 5.74) is 2.45. The highest BCUT2D eigenvalue weighted by Gasteiger charge is 2.40. The standard InChI is InChI=1S/C30H34N2O3/c1-24-14-16-26(17-15-24)29(34)32-19-9-18-30(22-32,23-35-27-12-7-4-8-13-27)20-28(33)31(2)21-25-10-5-3-6-11-25/h3-8,10-17H,9,18-23H2,1-2H3/t30-/m0/s1. The van der Waals surface area contributed by atoms with Gasteiger partial charge in [-0.1, -0.05) is 66.2 Å². The van der Waals surface area contributed by atoms with Crippen LogP contribution in [0.15, 0.2) is 84.9 Å². The van der Waals surface area contributed by atoms with Gasteiger partial charge >= 0.3 is 0 Å². The molecular formula is C30H34N2O3. The van der Waals surface area contributed by atoms with Crippen LogP contribution in [0.1, 0.15) is 40.7 Å². The highest BCUT2D eigenvalue weighted by atomic mass is 16.5. The van der Waals surface area contributed by atoms with Gasteiger partial charge in [0.1, 0.15) is 5.75 Å². The largest absolute Gasteiger partial charge is 0.493 e. The van der Waals surface area contributed by atoms with Crippen LogP contribution in [0, 0.1) is 12.3 Å². The number of carbonyl (C=O) groups is 2. The summed E-state index contributed by atoms with van der Waals surface area (Å²) in [4.78, 5) is 30.4. The van der Waals surface area contributed by atoms with Gasteiger partial charge < -0.3 is 14.5 Å². The number of hydrogen-bond acceptors (Lipinski definition) is 3. The highest BCUT2D eigenvalue weighted by Crippen LogP contribution is 2.36. The summed E-state index contributed by atoms with van der Waals surface area (Å²) in [6, 6.07) is 27.4. The van der Waals surface area contributed by atoms with Gasteiger partial charge in [0, 0.05) is 44.1 Å². The lowest BCUT2D eigenvalue weighted by Crippen LogP contribution is -2.50. The molecule has 0 unspecified atom stereocenters. The lowest BCUT2D eigenvalue weighted by Gasteiger charge is -2.43. The van der Waals surface area contributed by atoms with E-state index in [9.17, 15) is 9.59 Å². The van der Waals surface area contributed by atoms with Crippen molar-refractivity contribution < 1.29 is 14.3 Å². The van der Waals surface area contributed by atoms with Gasteiger partial charge in [-0.2, -0.15) is 0 Å². The van der Waals surface area contributed by atoms with Crippen LogP contribution in [-0.4, -0.2) is 48.4 Å². The van der Waals surface area contributed by atoms with E-state index in [2.05, 4.69) is 0 Å². The van der Waals surface area contributed by atoms with Gasteiger partial charge in [0.15, 0.2) is 0 Å². The van der Waals surface area contributed by atoms with Crippen molar-refractivity contribution in [3.8, 4) is 5.75 Å². The van der Waals surface area contributed by atoms with Crippen LogP contribution in [0.25, 0.3) is 0 Å². The zero-order valence-electron chi connectivity index (χ0n) is 20.7. The van der Waals surface area contributed by atoms with E-state index in [1.54, 1.807) is 4.90 Å². The fraction of sp³-hybridized carbons (Fsp3) is 0.333. The Labute approximate surface area is 208 Å². The molecule has 35 heavy (non-hydrogen) atoms. The molecule has 0 radical (unpaired) electrons. The fourth-order valence-corrected chi connectivity index (χ4v) is 4.73. The number of hydrogen-bond donors (Lipinski definition) is 0. The molecule has 0 spiro atoms. The molecular weight excluding hydrogens is 436 g/mol. The summed E-state index contributed by atoms with van der Waals surface area (Å²) < 4.78 is 6.19. The minimum absolute atomic E-state index is 0.0128. The summed E-state index contributed by atoms with van der Waals surface area (Å²) in [6.07, 6.45) is 2.01. The Morgan fingerprint density at radius 2 is 1.60 bits per heavy atom. The van der Waals surface area contributed by atoms with E-state index in [1.165, 1.54) is 0 Å². The van der Waals surface area contributed by atoms with Crippen LogP contribution in [0.2, 0.25) is 0 Å². The normalized spacial score (nSPS) is 17.6. The molecule has 3 aromatic carbocycles. The number of amides is 2. The molecule has 0 aliphatic carbocycles. The monoisotopic (exact) mass is 470 g/mol. The first-order chi connectivity index (χ1) is 16.9. The summed E-state index contributed by atoms with van der Waals surface area (Å²) >= 11 is 0. The second kappa shape index (κ2) is 11.2. The number of para-hydroxylation sites is 1. The Hall–Kier alpha value is -3.60. The van der Waals surface area contributed by atoms with Crippen molar-refractivity contribution in [1.29, 1.82) is 0 Å². The summed E-state index contributed by atoms with van der Waals surface area (Å²) in [5, 5.41) is 0. The maximum Gasteiger partial charge on any atom is 0.253 e. The number of nitrogens with zero attached hydrogens (tertiary/aromatic N) is 2. The van der Waals surface area contributed by atoms with Gasteiger partial charge in [-0.15, -0.1) is 0 Å². The van der Waals surface area contributed by atoms with Crippen LogP contribution >= 0.6 is 0 Å². The zero-order valence-corrected chi connectivity index (χ0v) is 20.7. The number of piperidine rings is 1. The molecule has 1 aliphatic heterocycles. The van der Waals surface area contributed by atoms with Crippen molar-refractivity contribution in [2.45, 2.75) is 32.7 Å². The minimum atomic E-state index is -0.448. The Morgan fingerprint density at radius 1 is 0.943 bits per heavy atom. The average Bonchev–Trinajstić information content (AvgIpc) is 2.89. The number of likely N-dealkylation sites (tertiary alicyclic amines) is 1. The molecule has 0 aromatic heterocycles. The van der Waals surface area contributed by atoms with Gasteiger partial charge in [-0.25, -0.2) is 0 Å². The second-order valence-electron chi connectivity index (χ2n) is 9.71. The zero-order chi connectivity index (χ0) is 24.7. The van der Waals surface area contributed by atoms with Crippen LogP contribution in [0.3, 0.4) is 0 Å². The van der Waals surface area contributed by atoms with E-state index in [1.807, 2.05) is 104 Å². The smallest absolute Gasteiger partial charge is 0.253 e. The van der Waals surface area contributed by atoms with Crippen molar-refractivity contribution in [3.63, 3.8) is 0 Å². The topological polar surface area (TPSA) is 49.9 Å². The SMILES string of the molecule is Cc1ccc(C(=O)N2CCC[C@](COc3ccccc3)(CC(=O)N(C)Cc3ccccc3)C2)cc1. The lowest BCUT2D eigenvalue weighted by atomic mass is 9.77. The van der Waals surface area contributed by atoms with Crippen molar-refractivity contribution in [2.24, 2.45) is 5.41 Å². The fourth-order valence-electron chi connectivity index (χ4n) is 4.73. The maximum atomic E-state index is 13.4. The van der Waals surface area contributed by atoms with Crippen molar-refractivity contribution in [2.75, 3.05) is 26.7 Å². The van der Waals surface area contributed by atoms with E-state index in [0.717, 1.165) is 29.7 Å². The van der Waals surface area contributed by atoms with Gasteiger partial charge in [0.2, 0.25) is 5.91 Å². The van der Waals surface area contributed by atoms with Gasteiger partial charge in [-0.3, -0.25) is 9.59 Å². The Balaban J connectivity index is 1.51. The molecule has 182 valence electrons. The molecule has 1 fully saturated rings. The van der Waals surface area contributed by atoms with Crippen LogP contribution in [0.4, 0.5) is 0 Å². The molecule has 4 rings (SSSR count). The van der Waals surface area contributed by atoms with E-state index in [-0.39, 0.29) is 11.8 Å². The average molecular weight is 471 g/mol. The van der Waals surface area contributed by atoms with E-state index >= 15 is 0 Å². The van der Waals surface area contributed by atoms with Crippen LogP contribution in [-0.2, 0) is 11.3 Å². The summed E-state index contributed by atoms with van der Waals surface area (Å²) in [5.74, 6) is 0.855. The molecule has 0 N–H and O–H groups in total. The van der Waals surface area contributed by atoms with E-state index < -0.39 is 5.41 Å². The molecule has 0 saturated carbocycles. The van der Waals surface area contributed by atoms with Gasteiger partial charge in [-0.05, 0) is 49.6 Å². The Kier molecular flexibility index (Phi) is 7.86. The van der Waals surface area contributed by atoms with E-state index in [4.69, 9.17) is 4.74 Å². The van der Waals surface area contributed by atoms with Crippen molar-refractivity contribution in [1.82, 2.24) is 9.80 Å². The molecule has 2 amide bonds. The second-order valence-corrected chi connectivity index (χ2v) is 9.71. The third-order valence-electron chi connectivity index (χ3n) is 6.75. The van der Waals surface area contributed by atoms with Crippen molar-refractivity contribution >= 4 is 11.8 Å². The molecule has 1 atom stereocenters. The Bertz CT molecular complexity index is 1120. The summed E-state index contributed by atoms with van der Waals surface area (Å²) in [6.45, 7) is 4.14. The van der Waals surface area contributed by atoms with E-state index in [0.29, 0.717) is 38.2 Å². The van der Waals surface area contributed by atoms with Crippen LogP contribution in [0.5, 0.6) is 5.75 Å². The highest BCUT2D eigenvalue weighted by molar-refractivity contribution is 5.94. The number of rotatable bonds is 8. The summed E-state index contributed by atoms with van der Waals surface area (Å²) in [7, 11) is 1.85. The third kappa shape index (κ3) is 6.50. The third-order valence-corrected chi connectivity index (χ3v) is 6.75. The first-order valence-electron chi connectivity index (χ1n) is 12.3. The maximum absolute atomic E-state index is 13.4. The predicted molar refractivity (Wildman–Crippen MR) is 138 cm³/mol. The predicted octanol–water partition coefficient (Wildman–Crippen LogP) is 5.35. The lowest BCUT2D eigenvalue weighted by molar-refractivity contribution is -0.134. The molecule has 1 heterocycles. The minimum Gasteiger partial charge on any atom is -0.493 e. The van der Waals surface area contributed by atoms with Crippen molar-refractivity contribution in [3.05, 3.63) is 102 Å².